The van der Waals surface area contributed by atoms with E-state index in [0.717, 1.165) is 94.3 Å². The lowest BCUT2D eigenvalue weighted by Crippen LogP contribution is -2.41. The van der Waals surface area contributed by atoms with E-state index in [1.807, 2.05) is 63.1 Å². The Morgan fingerprint density at radius 3 is 1.42 bits per heavy atom. The van der Waals surface area contributed by atoms with Crippen molar-refractivity contribution in [1.29, 1.82) is 0 Å². The maximum absolute atomic E-state index is 15.0. The lowest BCUT2D eigenvalue weighted by Gasteiger charge is -2.30. The maximum Gasteiger partial charge on any atom is 0.222 e. The third kappa shape index (κ3) is 11.3. The predicted octanol–water partition coefficient (Wildman–Crippen LogP) is 10.4. The smallest absolute Gasteiger partial charge is 0.222 e. The van der Waals surface area contributed by atoms with Crippen molar-refractivity contribution in [1.82, 2.24) is 58.8 Å². The SMILES string of the molecule is Cc1nc2c(F)cc(-c3cc(Cc4ncc(CN5CC6CCC(C5)C6=O)cn4)ncc3F)cc2n1C(C)C.Cc1nc2c(F)cc(-c3cc(N)ncc3F)cc2n1C(C)C.O=C1C2CCC1CN(Cc1cnc(Cl)nc1)C2. The third-order valence-electron chi connectivity index (χ3n) is 15.1. The van der Waals surface area contributed by atoms with Crippen LogP contribution in [0.1, 0.15) is 99.8 Å². The molecule has 8 aromatic rings. The largest absolute Gasteiger partial charge is 0.384 e. The van der Waals surface area contributed by atoms with Crippen molar-refractivity contribution in [3.63, 3.8) is 0 Å². The number of piperidine rings is 2. The summed E-state index contributed by atoms with van der Waals surface area (Å²) in [5.74, 6) is 1.96. The number of pyridine rings is 2. The van der Waals surface area contributed by atoms with Crippen molar-refractivity contribution in [3.05, 3.63) is 136 Å². The molecule has 2 aliphatic carbocycles. The molecule has 2 saturated heterocycles. The molecule has 4 unspecified atom stereocenters. The van der Waals surface area contributed by atoms with Crippen molar-refractivity contribution in [2.24, 2.45) is 23.7 Å². The average molecular weight is 1070 g/mol. The highest BCUT2D eigenvalue weighted by atomic mass is 35.5. The van der Waals surface area contributed by atoms with Gasteiger partial charge in [0, 0.05) is 128 Å². The number of carbonyl (C=O) groups excluding carboxylic acids is 2. The number of benzene rings is 2. The lowest BCUT2D eigenvalue weighted by molar-refractivity contribution is -0.128. The van der Waals surface area contributed by atoms with Gasteiger partial charge in [-0.05, 0) is 126 Å². The number of likely N-dealkylation sites (tertiary alicyclic amines) is 2. The Hall–Kier alpha value is -7.09. The van der Waals surface area contributed by atoms with Crippen molar-refractivity contribution < 1.29 is 27.2 Å². The van der Waals surface area contributed by atoms with Gasteiger partial charge in [-0.1, -0.05) is 0 Å². The number of hydrogen-bond acceptors (Lipinski definition) is 13. The summed E-state index contributed by atoms with van der Waals surface area (Å²) < 4.78 is 62.1. The number of rotatable bonds is 10. The Balaban J connectivity index is 0.000000145. The van der Waals surface area contributed by atoms with Gasteiger partial charge >= 0.3 is 0 Å². The molecule has 6 aromatic heterocycles. The van der Waals surface area contributed by atoms with Crippen LogP contribution in [-0.4, -0.2) is 96.6 Å². The van der Waals surface area contributed by atoms with Crippen LogP contribution in [0.5, 0.6) is 0 Å². The number of fused-ring (bicyclic) bond motifs is 6. The quantitative estimate of drug-likeness (QED) is 0.101. The minimum absolute atomic E-state index is 0.0835. The van der Waals surface area contributed by atoms with E-state index >= 15 is 0 Å². The van der Waals surface area contributed by atoms with E-state index in [9.17, 15) is 27.2 Å². The van der Waals surface area contributed by atoms with E-state index in [1.54, 1.807) is 30.6 Å². The summed E-state index contributed by atoms with van der Waals surface area (Å²) in [4.78, 5) is 62.1. The molecule has 12 rings (SSSR count). The van der Waals surface area contributed by atoms with Crippen LogP contribution in [0.3, 0.4) is 0 Å². The lowest BCUT2D eigenvalue weighted by atomic mass is 9.97. The minimum atomic E-state index is -0.541. The number of anilines is 1. The number of aryl methyl sites for hydroxylation is 2. The molecule has 400 valence electrons. The van der Waals surface area contributed by atoms with Crippen LogP contribution in [0.4, 0.5) is 23.4 Å². The monoisotopic (exact) mass is 1070 g/mol. The number of nitrogens with zero attached hydrogens (tertiary/aromatic N) is 12. The van der Waals surface area contributed by atoms with E-state index in [-0.39, 0.29) is 69.0 Å². The normalized spacial score (nSPS) is 19.3. The minimum Gasteiger partial charge on any atom is -0.384 e. The fourth-order valence-corrected chi connectivity index (χ4v) is 11.8. The fourth-order valence-electron chi connectivity index (χ4n) is 11.7. The number of ketones is 2. The van der Waals surface area contributed by atoms with Crippen molar-refractivity contribution in [2.75, 3.05) is 31.9 Å². The van der Waals surface area contributed by atoms with Crippen molar-refractivity contribution >= 4 is 51.1 Å². The Morgan fingerprint density at radius 1 is 0.558 bits per heavy atom. The highest BCUT2D eigenvalue weighted by molar-refractivity contribution is 6.28. The van der Waals surface area contributed by atoms with E-state index < -0.39 is 23.3 Å². The molecule has 2 N–H and O–H groups in total. The molecular weight excluding hydrogens is 1010 g/mol. The van der Waals surface area contributed by atoms with Gasteiger partial charge in [0.25, 0.3) is 0 Å². The number of imidazole rings is 2. The molecule has 0 spiro atoms. The number of aromatic nitrogens is 10. The van der Waals surface area contributed by atoms with E-state index in [0.29, 0.717) is 57.5 Å². The number of carbonyl (C=O) groups is 2. The maximum atomic E-state index is 15.0. The van der Waals surface area contributed by atoms with Gasteiger partial charge in [-0.15, -0.1) is 0 Å². The molecule has 20 heteroatoms. The Bertz CT molecular complexity index is 3480. The zero-order valence-electron chi connectivity index (χ0n) is 43.8. The number of nitrogen functional groups attached to an aromatic ring is 1. The summed E-state index contributed by atoms with van der Waals surface area (Å²) in [7, 11) is 0. The molecule has 4 atom stereocenters. The first-order valence-corrected chi connectivity index (χ1v) is 26.5. The van der Waals surface area contributed by atoms with Gasteiger partial charge in [-0.3, -0.25) is 24.4 Å². The van der Waals surface area contributed by atoms with Crippen LogP contribution in [-0.2, 0) is 29.1 Å². The number of hydrogen-bond donors (Lipinski definition) is 1. The van der Waals surface area contributed by atoms with Crippen LogP contribution in [0.15, 0.2) is 73.6 Å². The molecule has 15 nitrogen and oxygen atoms in total. The summed E-state index contributed by atoms with van der Waals surface area (Å²) >= 11 is 5.65. The second kappa shape index (κ2) is 22.1. The molecule has 8 heterocycles. The second-order valence-corrected chi connectivity index (χ2v) is 21.7. The highest BCUT2D eigenvalue weighted by Crippen LogP contribution is 2.37. The zero-order valence-corrected chi connectivity index (χ0v) is 44.6. The molecule has 4 bridgehead atoms. The first-order chi connectivity index (χ1) is 36.9. The Labute approximate surface area is 448 Å². The number of nitrogens with two attached hydrogens (primary N) is 1. The van der Waals surface area contributed by atoms with Crippen LogP contribution in [0.25, 0.3) is 44.3 Å². The Kier molecular flexibility index (Phi) is 15.3. The highest BCUT2D eigenvalue weighted by Gasteiger charge is 2.41. The molecule has 2 aromatic carbocycles. The standard InChI is InChI=1S/C29H30F2N6O.C16H16F2N4.C12H14ClN3O/c1-16(2)37-17(3)35-28-24(30)6-21(7-26(28)37)23-8-22(32-12-25(23)31)9-27-33-10-18(11-34-27)13-36-14-19-4-5-20(15-36)29(19)38;1-8(2)22-9(3)21-16-12(17)4-10(5-14(16)22)11-6-15(19)20-7-13(11)18;13-12-14-3-8(4-15-12)5-16-6-9-1-2-10(7-16)11(9)17/h6-8,10-12,16,19-20H,4-5,9,13-15H2,1-3H3;4-8H,1-3H3,(H2,19,20);3-4,9-10H,1-2,5-7H2. The fraction of sp³-hybridized carbons (Fsp3) is 0.404. The first kappa shape index (κ1) is 53.3. The van der Waals surface area contributed by atoms with Crippen molar-refractivity contribution in [3.8, 4) is 22.3 Å². The first-order valence-electron chi connectivity index (χ1n) is 26.1. The molecule has 4 aliphatic rings. The van der Waals surface area contributed by atoms with Crippen LogP contribution in [0, 0.1) is 60.8 Å². The van der Waals surface area contributed by atoms with Gasteiger partial charge in [0.2, 0.25) is 5.28 Å². The molecule has 0 radical (unpaired) electrons. The topological polar surface area (TPSA) is 180 Å². The summed E-state index contributed by atoms with van der Waals surface area (Å²) in [5, 5.41) is 0.280. The average Bonchev–Trinajstić information content (AvgIpc) is 4.05. The van der Waals surface area contributed by atoms with Gasteiger partial charge < -0.3 is 14.9 Å². The summed E-state index contributed by atoms with van der Waals surface area (Å²) in [6.45, 7) is 16.6. The van der Waals surface area contributed by atoms with Gasteiger partial charge in [0.1, 0.15) is 57.5 Å². The summed E-state index contributed by atoms with van der Waals surface area (Å²) in [6, 6.07) is 9.36. The number of halogens is 5. The Morgan fingerprint density at radius 2 is 0.974 bits per heavy atom. The molecule has 77 heavy (non-hydrogen) atoms. The van der Waals surface area contributed by atoms with E-state index in [2.05, 4.69) is 49.7 Å². The predicted molar refractivity (Wildman–Crippen MR) is 285 cm³/mol. The molecule has 2 aliphatic heterocycles. The second-order valence-electron chi connectivity index (χ2n) is 21.3. The van der Waals surface area contributed by atoms with Gasteiger partial charge in [-0.25, -0.2) is 52.4 Å². The molecular formula is C57H60ClF4N13O2. The van der Waals surface area contributed by atoms with Gasteiger partial charge in [0.15, 0.2) is 11.6 Å². The third-order valence-corrected chi connectivity index (χ3v) is 15.3. The summed E-state index contributed by atoms with van der Waals surface area (Å²) in [5.41, 5.74) is 11.4. The number of Topliss-reactive ketones (excluding diaryl/α,β-unsaturated/α-hetero) is 2. The zero-order chi connectivity index (χ0) is 54.4. The summed E-state index contributed by atoms with van der Waals surface area (Å²) in [6.07, 6.45) is 13.8. The van der Waals surface area contributed by atoms with Gasteiger partial charge in [-0.2, -0.15) is 0 Å². The van der Waals surface area contributed by atoms with Crippen LogP contribution in [0.2, 0.25) is 5.28 Å². The molecule has 0 amide bonds. The van der Waals surface area contributed by atoms with Gasteiger partial charge in [0.05, 0.1) is 29.8 Å². The molecule has 4 fully saturated rings. The van der Waals surface area contributed by atoms with Crippen LogP contribution < -0.4 is 5.73 Å². The van der Waals surface area contributed by atoms with Crippen LogP contribution >= 0.6 is 11.6 Å². The van der Waals surface area contributed by atoms with E-state index in [4.69, 9.17) is 17.3 Å². The van der Waals surface area contributed by atoms with E-state index in [1.165, 1.54) is 18.2 Å². The van der Waals surface area contributed by atoms with Crippen molar-refractivity contribution in [2.45, 2.75) is 98.8 Å². The molecule has 2 saturated carbocycles.